The largest absolute Gasteiger partial charge is 0.299 e. The van der Waals surface area contributed by atoms with Crippen LogP contribution < -0.4 is 4.72 Å². The average Bonchev–Trinajstić information content (AvgIpc) is 2.81. The van der Waals surface area contributed by atoms with E-state index in [1.165, 1.54) is 6.26 Å². The van der Waals surface area contributed by atoms with Gasteiger partial charge in [0.1, 0.15) is 11.9 Å². The fraction of sp³-hybridized carbons (Fsp3) is 0.844. The van der Waals surface area contributed by atoms with Crippen LogP contribution in [0.3, 0.4) is 0 Å². The zero-order valence-corrected chi connectivity index (χ0v) is 26.1. The molecular formula is C32H48N2O4S. The van der Waals surface area contributed by atoms with Gasteiger partial charge in [0.05, 0.1) is 11.8 Å². The number of nitrogens with one attached hydrogen (secondary N) is 1. The minimum Gasteiger partial charge on any atom is -0.299 e. The van der Waals surface area contributed by atoms with Crippen molar-refractivity contribution in [1.82, 2.24) is 4.72 Å². The summed E-state index contributed by atoms with van der Waals surface area (Å²) in [6.45, 7) is 16.0. The van der Waals surface area contributed by atoms with Gasteiger partial charge in [-0.1, -0.05) is 54.5 Å². The van der Waals surface area contributed by atoms with Gasteiger partial charge in [-0.3, -0.25) is 9.59 Å². The summed E-state index contributed by atoms with van der Waals surface area (Å²) in [5, 5.41) is 9.91. The summed E-state index contributed by atoms with van der Waals surface area (Å²) in [6, 6.07) is 2.20. The van der Waals surface area contributed by atoms with Gasteiger partial charge in [-0.05, 0) is 89.8 Å². The maximum absolute atomic E-state index is 14.5. The van der Waals surface area contributed by atoms with Crippen LogP contribution in [0.2, 0.25) is 0 Å². The summed E-state index contributed by atoms with van der Waals surface area (Å²) in [6.07, 6.45) is 10.3. The molecule has 0 amide bonds. The molecule has 3 unspecified atom stereocenters. The number of sulfonamides is 1. The van der Waals surface area contributed by atoms with Crippen LogP contribution in [0.25, 0.3) is 0 Å². The fourth-order valence-corrected chi connectivity index (χ4v) is 11.5. The molecule has 216 valence electrons. The Kier molecular flexibility index (Phi) is 6.32. The summed E-state index contributed by atoms with van der Waals surface area (Å²) in [4.78, 5) is 27.8. The number of nitriles is 1. The highest BCUT2D eigenvalue weighted by Crippen LogP contribution is 2.75. The molecule has 0 saturated heterocycles. The Morgan fingerprint density at radius 3 is 2.21 bits per heavy atom. The van der Waals surface area contributed by atoms with Gasteiger partial charge in [0.25, 0.3) is 0 Å². The van der Waals surface area contributed by atoms with Gasteiger partial charge in [-0.25, -0.2) is 13.1 Å². The van der Waals surface area contributed by atoms with Gasteiger partial charge in [-0.2, -0.15) is 5.26 Å². The zero-order chi connectivity index (χ0) is 29.0. The third-order valence-corrected chi connectivity index (χ3v) is 14.0. The van der Waals surface area contributed by atoms with Crippen LogP contribution >= 0.6 is 0 Å². The van der Waals surface area contributed by atoms with Gasteiger partial charge >= 0.3 is 0 Å². The van der Waals surface area contributed by atoms with Gasteiger partial charge in [0, 0.05) is 24.3 Å². The first-order valence-electron chi connectivity index (χ1n) is 14.9. The number of carbonyl (C=O) groups excluding carboxylic acids is 2. The first-order chi connectivity index (χ1) is 17.8. The second-order valence-corrected chi connectivity index (χ2v) is 18.0. The highest BCUT2D eigenvalue weighted by Gasteiger charge is 2.72. The normalized spacial score (nSPS) is 46.6. The Hall–Kier alpha value is -1.52. The molecule has 7 heteroatoms. The highest BCUT2D eigenvalue weighted by atomic mass is 32.2. The lowest BCUT2D eigenvalue weighted by Gasteiger charge is -2.72. The number of rotatable bonds is 3. The van der Waals surface area contributed by atoms with Crippen molar-refractivity contribution < 1.29 is 18.0 Å². The molecule has 0 bridgehead atoms. The van der Waals surface area contributed by atoms with Gasteiger partial charge in [-0.15, -0.1) is 0 Å². The SMILES string of the molecule is CC1(C)CC[C@]2(CNS(C)(=O)=O)CC[C@]3(C)C(C(=O)C[C@@H]4[C@@]5(C)C=C(C#N)C(=O)C(C)(C)C5CC[C@]43C)C2C1. The van der Waals surface area contributed by atoms with Crippen LogP contribution in [-0.4, -0.2) is 32.8 Å². The maximum Gasteiger partial charge on any atom is 0.208 e. The van der Waals surface area contributed by atoms with Crippen LogP contribution in [0.1, 0.15) is 99.8 Å². The van der Waals surface area contributed by atoms with E-state index in [-0.39, 0.29) is 56.7 Å². The number of hydrogen-bond donors (Lipinski definition) is 1. The number of allylic oxidation sites excluding steroid dienone is 2. The van der Waals surface area contributed by atoms with E-state index in [1.54, 1.807) is 0 Å². The van der Waals surface area contributed by atoms with E-state index in [9.17, 15) is 23.3 Å². The second kappa shape index (κ2) is 8.51. The monoisotopic (exact) mass is 556 g/mol. The Labute approximate surface area is 235 Å². The van der Waals surface area contributed by atoms with Gasteiger partial charge in [0.15, 0.2) is 5.78 Å². The van der Waals surface area contributed by atoms with E-state index in [0.717, 1.165) is 44.9 Å². The molecule has 0 aromatic carbocycles. The second-order valence-electron chi connectivity index (χ2n) is 16.1. The predicted molar refractivity (Wildman–Crippen MR) is 152 cm³/mol. The fourth-order valence-electron chi connectivity index (χ4n) is 11.0. The number of ketones is 2. The standard InChI is InChI=1S/C32H48N2O4S/c1-27(2)11-13-32(19-34-39(8,37)38)14-12-31(7)25(21(32)17-27)22(35)15-24-29(5)16-20(18-33)26(36)28(3,4)23(29)9-10-30(24,31)6/h16,21,23-25,34H,9-15,17,19H2,1-8H3/t21?,23?,24-,25?,29+,30-,31-,32-/m1/s1. The quantitative estimate of drug-likeness (QED) is 0.471. The van der Waals surface area contributed by atoms with E-state index in [1.807, 2.05) is 19.9 Å². The average molecular weight is 557 g/mol. The first-order valence-corrected chi connectivity index (χ1v) is 16.8. The smallest absolute Gasteiger partial charge is 0.208 e. The Morgan fingerprint density at radius 1 is 0.949 bits per heavy atom. The summed E-state index contributed by atoms with van der Waals surface area (Å²) in [5.74, 6) is 0.440. The molecule has 5 rings (SSSR count). The molecule has 5 aliphatic carbocycles. The van der Waals surface area contributed by atoms with E-state index < -0.39 is 20.9 Å². The first kappa shape index (κ1) is 29.0. The lowest BCUT2D eigenvalue weighted by molar-refractivity contribution is -0.221. The summed E-state index contributed by atoms with van der Waals surface area (Å²) >= 11 is 0. The molecule has 4 fully saturated rings. The van der Waals surface area contributed by atoms with Crippen LogP contribution in [0.15, 0.2) is 11.6 Å². The molecule has 0 aromatic heterocycles. The number of Topliss-reactive ketones (excluding diaryl/α,β-unsaturated/α-hetero) is 2. The lowest BCUT2D eigenvalue weighted by atomic mass is 9.31. The number of hydrogen-bond acceptors (Lipinski definition) is 5. The topological polar surface area (TPSA) is 104 Å². The lowest BCUT2D eigenvalue weighted by Crippen LogP contribution is -2.69. The molecule has 5 aliphatic rings. The van der Waals surface area contributed by atoms with Gasteiger partial charge in [0.2, 0.25) is 10.0 Å². The van der Waals surface area contributed by atoms with Crippen LogP contribution in [0, 0.1) is 67.5 Å². The van der Waals surface area contributed by atoms with E-state index in [4.69, 9.17) is 0 Å². The van der Waals surface area contributed by atoms with Crippen molar-refractivity contribution in [3.63, 3.8) is 0 Å². The molecule has 0 spiro atoms. The molecule has 1 N–H and O–H groups in total. The maximum atomic E-state index is 14.5. The van der Waals surface area contributed by atoms with Crippen molar-refractivity contribution in [2.45, 2.75) is 99.8 Å². The number of fused-ring (bicyclic) bond motifs is 7. The molecule has 8 atom stereocenters. The molecule has 4 saturated carbocycles. The summed E-state index contributed by atoms with van der Waals surface area (Å²) < 4.78 is 27.2. The number of nitrogens with zero attached hydrogens (tertiary/aromatic N) is 1. The van der Waals surface area contributed by atoms with Crippen molar-refractivity contribution in [1.29, 1.82) is 5.26 Å². The van der Waals surface area contributed by atoms with Crippen molar-refractivity contribution >= 4 is 21.6 Å². The molecule has 0 aliphatic heterocycles. The third-order valence-electron chi connectivity index (χ3n) is 13.3. The van der Waals surface area contributed by atoms with Crippen molar-refractivity contribution in [3.05, 3.63) is 11.6 Å². The van der Waals surface area contributed by atoms with Crippen molar-refractivity contribution in [2.75, 3.05) is 12.8 Å². The Bertz CT molecular complexity index is 1290. The molecule has 6 nitrogen and oxygen atoms in total. The summed E-state index contributed by atoms with van der Waals surface area (Å²) in [7, 11) is -3.34. The minimum atomic E-state index is -3.34. The van der Waals surface area contributed by atoms with E-state index >= 15 is 0 Å². The third kappa shape index (κ3) is 3.97. The molecule has 0 aromatic rings. The van der Waals surface area contributed by atoms with Crippen LogP contribution in [0.4, 0.5) is 0 Å². The minimum absolute atomic E-state index is 0.0615. The molecular weight excluding hydrogens is 508 g/mol. The van der Waals surface area contributed by atoms with Crippen LogP contribution in [-0.2, 0) is 19.6 Å². The Balaban J connectivity index is 1.61. The van der Waals surface area contributed by atoms with Crippen molar-refractivity contribution in [3.8, 4) is 6.07 Å². The molecule has 0 radical (unpaired) electrons. The summed E-state index contributed by atoms with van der Waals surface area (Å²) in [5.41, 5.74) is -1.22. The van der Waals surface area contributed by atoms with Crippen molar-refractivity contribution in [2.24, 2.45) is 56.2 Å². The number of carbonyl (C=O) groups is 2. The highest BCUT2D eigenvalue weighted by molar-refractivity contribution is 7.88. The van der Waals surface area contributed by atoms with E-state index in [2.05, 4.69) is 45.4 Å². The predicted octanol–water partition coefficient (Wildman–Crippen LogP) is 5.84. The van der Waals surface area contributed by atoms with E-state index in [0.29, 0.717) is 18.7 Å². The Morgan fingerprint density at radius 2 is 1.59 bits per heavy atom. The zero-order valence-electron chi connectivity index (χ0n) is 25.2. The molecule has 0 heterocycles. The van der Waals surface area contributed by atoms with Crippen LogP contribution in [0.5, 0.6) is 0 Å². The van der Waals surface area contributed by atoms with Gasteiger partial charge < -0.3 is 0 Å². The molecule has 39 heavy (non-hydrogen) atoms.